The average Bonchev–Trinajstić information content (AvgIpc) is 2.33. The summed E-state index contributed by atoms with van der Waals surface area (Å²) in [6.07, 6.45) is 1.66. The Hall–Kier alpha value is -1.16. The molecular weight excluding hydrogens is 306 g/mol. The minimum atomic E-state index is -0.740. The van der Waals surface area contributed by atoms with Crippen LogP contribution in [0.3, 0.4) is 0 Å². The first kappa shape index (κ1) is 14.3. The fourth-order valence-electron chi connectivity index (χ4n) is 2.89. The number of fused-ring (bicyclic) bond motifs is 1. The fourth-order valence-corrected chi connectivity index (χ4v) is 3.25. The first-order valence-corrected chi connectivity index (χ1v) is 7.23. The van der Waals surface area contributed by atoms with Gasteiger partial charge in [-0.2, -0.15) is 0 Å². The normalized spacial score (nSPS) is 24.5. The van der Waals surface area contributed by atoms with Crippen molar-refractivity contribution in [2.45, 2.75) is 44.6 Å². The number of amides is 1. The summed E-state index contributed by atoms with van der Waals surface area (Å²) < 4.78 is 0.931. The number of aldehydes is 1. The maximum absolute atomic E-state index is 12.5. The van der Waals surface area contributed by atoms with Gasteiger partial charge in [0.05, 0.1) is 11.0 Å². The maximum Gasteiger partial charge on any atom is 0.231 e. The second-order valence-corrected chi connectivity index (χ2v) is 6.49. The van der Waals surface area contributed by atoms with Gasteiger partial charge in [0.1, 0.15) is 6.29 Å². The van der Waals surface area contributed by atoms with Crippen molar-refractivity contribution in [2.24, 2.45) is 0 Å². The van der Waals surface area contributed by atoms with Gasteiger partial charge in [-0.05, 0) is 43.5 Å². The summed E-state index contributed by atoms with van der Waals surface area (Å²) >= 11 is 3.46. The van der Waals surface area contributed by atoms with Crippen molar-refractivity contribution in [3.63, 3.8) is 0 Å². The SMILES string of the molecule is CCC1(CC=O)C(=O)NC(C)(C)c2ccc(Br)cc21. The molecule has 0 aliphatic carbocycles. The number of nitrogens with one attached hydrogen (secondary N) is 1. The summed E-state index contributed by atoms with van der Waals surface area (Å²) in [5.41, 5.74) is 0.898. The largest absolute Gasteiger partial charge is 0.346 e. The van der Waals surface area contributed by atoms with Crippen LogP contribution in [0.5, 0.6) is 0 Å². The molecule has 1 aromatic carbocycles. The fraction of sp³-hybridized carbons (Fsp3) is 0.467. The lowest BCUT2D eigenvalue weighted by molar-refractivity contribution is -0.131. The Balaban J connectivity index is 2.74. The van der Waals surface area contributed by atoms with Gasteiger partial charge in [-0.15, -0.1) is 0 Å². The van der Waals surface area contributed by atoms with E-state index in [0.717, 1.165) is 21.9 Å². The van der Waals surface area contributed by atoms with Gasteiger partial charge in [-0.3, -0.25) is 4.79 Å². The number of carbonyl (C=O) groups excluding carboxylic acids is 2. The minimum absolute atomic E-state index is 0.0577. The topological polar surface area (TPSA) is 46.2 Å². The van der Waals surface area contributed by atoms with Gasteiger partial charge < -0.3 is 10.1 Å². The molecule has 0 radical (unpaired) electrons. The molecule has 1 aromatic rings. The number of halogens is 1. The quantitative estimate of drug-likeness (QED) is 0.869. The molecule has 0 fully saturated rings. The highest BCUT2D eigenvalue weighted by Gasteiger charge is 2.47. The zero-order valence-electron chi connectivity index (χ0n) is 11.4. The maximum atomic E-state index is 12.5. The molecule has 1 unspecified atom stereocenters. The molecule has 1 amide bonds. The number of hydrogen-bond donors (Lipinski definition) is 1. The molecule has 1 heterocycles. The molecule has 4 heteroatoms. The molecule has 1 atom stereocenters. The van der Waals surface area contributed by atoms with Gasteiger partial charge in [0, 0.05) is 10.9 Å². The number of carbonyl (C=O) groups is 2. The van der Waals surface area contributed by atoms with Gasteiger partial charge >= 0.3 is 0 Å². The predicted octanol–water partition coefficient (Wildman–Crippen LogP) is 3.05. The third-order valence-corrected chi connectivity index (χ3v) is 4.56. The molecule has 0 bridgehead atoms. The van der Waals surface area contributed by atoms with Gasteiger partial charge in [-0.25, -0.2) is 0 Å². The van der Waals surface area contributed by atoms with Crippen LogP contribution < -0.4 is 5.32 Å². The smallest absolute Gasteiger partial charge is 0.231 e. The lowest BCUT2D eigenvalue weighted by Gasteiger charge is -2.44. The Labute approximate surface area is 121 Å². The Morgan fingerprint density at radius 2 is 2.00 bits per heavy atom. The molecule has 3 nitrogen and oxygen atoms in total. The van der Waals surface area contributed by atoms with E-state index in [9.17, 15) is 9.59 Å². The van der Waals surface area contributed by atoms with Crippen molar-refractivity contribution < 1.29 is 9.59 Å². The van der Waals surface area contributed by atoms with E-state index in [2.05, 4.69) is 21.2 Å². The van der Waals surface area contributed by atoms with Gasteiger partial charge in [-0.1, -0.05) is 28.9 Å². The summed E-state index contributed by atoms with van der Waals surface area (Å²) in [4.78, 5) is 23.6. The summed E-state index contributed by atoms with van der Waals surface area (Å²) in [5, 5.41) is 3.04. The van der Waals surface area contributed by atoms with Crippen molar-refractivity contribution in [1.29, 1.82) is 0 Å². The van der Waals surface area contributed by atoms with E-state index in [1.165, 1.54) is 0 Å². The van der Waals surface area contributed by atoms with Crippen LogP contribution >= 0.6 is 15.9 Å². The first-order chi connectivity index (χ1) is 8.87. The zero-order chi connectivity index (χ0) is 14.3. The molecule has 102 valence electrons. The second-order valence-electron chi connectivity index (χ2n) is 5.58. The predicted molar refractivity (Wildman–Crippen MR) is 78.0 cm³/mol. The Morgan fingerprint density at radius 3 is 2.58 bits per heavy atom. The highest BCUT2D eigenvalue weighted by atomic mass is 79.9. The molecule has 1 aliphatic heterocycles. The van der Waals surface area contributed by atoms with E-state index in [1.54, 1.807) is 0 Å². The molecule has 19 heavy (non-hydrogen) atoms. The highest BCUT2D eigenvalue weighted by molar-refractivity contribution is 9.10. The van der Waals surface area contributed by atoms with Crippen LogP contribution in [0, 0.1) is 0 Å². The summed E-state index contributed by atoms with van der Waals surface area (Å²) in [5.74, 6) is -0.0577. The monoisotopic (exact) mass is 323 g/mol. The summed E-state index contributed by atoms with van der Waals surface area (Å²) in [6.45, 7) is 5.92. The lowest BCUT2D eigenvalue weighted by Crippen LogP contribution is -2.56. The summed E-state index contributed by atoms with van der Waals surface area (Å²) in [6, 6.07) is 5.97. The molecule has 0 saturated heterocycles. The van der Waals surface area contributed by atoms with Crippen LogP contribution in [0.4, 0.5) is 0 Å². The summed E-state index contributed by atoms with van der Waals surface area (Å²) in [7, 11) is 0. The Kier molecular flexibility index (Phi) is 3.56. The van der Waals surface area contributed by atoms with Crippen LogP contribution in [0.15, 0.2) is 22.7 Å². The van der Waals surface area contributed by atoms with Crippen LogP contribution in [0.25, 0.3) is 0 Å². The molecular formula is C15H18BrNO2. The Bertz CT molecular complexity index is 539. The van der Waals surface area contributed by atoms with Crippen molar-refractivity contribution in [1.82, 2.24) is 5.32 Å². The molecule has 0 aromatic heterocycles. The van der Waals surface area contributed by atoms with Crippen LogP contribution in [-0.4, -0.2) is 12.2 Å². The Morgan fingerprint density at radius 1 is 1.32 bits per heavy atom. The van der Waals surface area contributed by atoms with Crippen molar-refractivity contribution in [3.05, 3.63) is 33.8 Å². The van der Waals surface area contributed by atoms with Crippen LogP contribution in [-0.2, 0) is 20.5 Å². The van der Waals surface area contributed by atoms with E-state index in [-0.39, 0.29) is 12.3 Å². The van der Waals surface area contributed by atoms with E-state index >= 15 is 0 Å². The van der Waals surface area contributed by atoms with E-state index < -0.39 is 11.0 Å². The van der Waals surface area contributed by atoms with Crippen molar-refractivity contribution in [2.75, 3.05) is 0 Å². The molecule has 0 saturated carbocycles. The van der Waals surface area contributed by atoms with E-state index in [4.69, 9.17) is 0 Å². The van der Waals surface area contributed by atoms with E-state index in [1.807, 2.05) is 39.0 Å². The molecule has 1 aliphatic rings. The van der Waals surface area contributed by atoms with Gasteiger partial charge in [0.15, 0.2) is 0 Å². The number of rotatable bonds is 3. The molecule has 0 spiro atoms. The third-order valence-electron chi connectivity index (χ3n) is 4.07. The number of hydrogen-bond acceptors (Lipinski definition) is 2. The highest BCUT2D eigenvalue weighted by Crippen LogP contribution is 2.43. The zero-order valence-corrected chi connectivity index (χ0v) is 13.0. The van der Waals surface area contributed by atoms with Crippen molar-refractivity contribution >= 4 is 28.1 Å². The molecule has 2 rings (SSSR count). The van der Waals surface area contributed by atoms with Gasteiger partial charge in [0.25, 0.3) is 0 Å². The lowest BCUT2D eigenvalue weighted by atomic mass is 9.67. The number of benzene rings is 1. The minimum Gasteiger partial charge on any atom is -0.346 e. The third kappa shape index (κ3) is 2.12. The van der Waals surface area contributed by atoms with Crippen LogP contribution in [0.1, 0.15) is 44.7 Å². The molecule has 1 N–H and O–H groups in total. The van der Waals surface area contributed by atoms with E-state index in [0.29, 0.717) is 6.42 Å². The van der Waals surface area contributed by atoms with Crippen molar-refractivity contribution in [3.8, 4) is 0 Å². The average molecular weight is 324 g/mol. The van der Waals surface area contributed by atoms with Gasteiger partial charge in [0.2, 0.25) is 5.91 Å². The standard InChI is InChI=1S/C15H18BrNO2/c1-4-15(7-8-18)12-9-10(16)5-6-11(12)14(2,3)17-13(15)19/h5-6,8-9H,4,7H2,1-3H3,(H,17,19). The second kappa shape index (κ2) is 4.75. The first-order valence-electron chi connectivity index (χ1n) is 6.44. The van der Waals surface area contributed by atoms with Crippen LogP contribution in [0.2, 0.25) is 0 Å².